The maximum absolute atomic E-state index is 11.8. The fraction of sp³-hybridized carbons (Fsp3) is 0.737. The average Bonchev–Trinajstić information content (AvgIpc) is 3.09. The van der Waals surface area contributed by atoms with Crippen LogP contribution in [0.1, 0.15) is 25.6 Å². The van der Waals surface area contributed by atoms with E-state index in [1.165, 1.54) is 10.6 Å². The van der Waals surface area contributed by atoms with Gasteiger partial charge in [-0.3, -0.25) is 4.90 Å². The van der Waals surface area contributed by atoms with Crippen molar-refractivity contribution in [2.75, 3.05) is 57.6 Å². The van der Waals surface area contributed by atoms with Crippen LogP contribution in [-0.2, 0) is 27.8 Å². The number of piperidine rings is 1. The Morgan fingerprint density at radius 3 is 2.42 bits per heavy atom. The standard InChI is InChI=1S/C19H30ClN7O3S/c1-4-27-15(13-25-7-5-14(6-8-25)24(2)31(3,28)29)21-16-17(22-19(20)23-18(16)27)26-9-11-30-12-10-26/h14H,4-13H2,1-3H3. The van der Waals surface area contributed by atoms with Gasteiger partial charge in [0.25, 0.3) is 0 Å². The van der Waals surface area contributed by atoms with E-state index in [0.717, 1.165) is 68.4 Å². The highest BCUT2D eigenvalue weighted by molar-refractivity contribution is 7.88. The van der Waals surface area contributed by atoms with Gasteiger partial charge >= 0.3 is 0 Å². The van der Waals surface area contributed by atoms with E-state index in [0.29, 0.717) is 19.8 Å². The molecule has 31 heavy (non-hydrogen) atoms. The predicted molar refractivity (Wildman–Crippen MR) is 120 cm³/mol. The molecule has 2 fully saturated rings. The highest BCUT2D eigenvalue weighted by atomic mass is 35.5. The van der Waals surface area contributed by atoms with E-state index in [9.17, 15) is 8.42 Å². The highest BCUT2D eigenvalue weighted by Gasteiger charge is 2.28. The van der Waals surface area contributed by atoms with Crippen molar-refractivity contribution < 1.29 is 13.2 Å². The normalized spacial score (nSPS) is 19.6. The van der Waals surface area contributed by atoms with Crippen molar-refractivity contribution in [3.8, 4) is 0 Å². The van der Waals surface area contributed by atoms with E-state index < -0.39 is 10.0 Å². The molecule has 0 N–H and O–H groups in total. The lowest BCUT2D eigenvalue weighted by molar-refractivity contribution is 0.122. The number of ether oxygens (including phenoxy) is 1. The van der Waals surface area contributed by atoms with Gasteiger partial charge in [0.1, 0.15) is 5.82 Å². The molecule has 0 amide bonds. The van der Waals surface area contributed by atoms with Gasteiger partial charge in [0.15, 0.2) is 17.0 Å². The number of hydrogen-bond acceptors (Lipinski definition) is 8. The first-order valence-electron chi connectivity index (χ1n) is 10.7. The minimum absolute atomic E-state index is 0.0499. The summed E-state index contributed by atoms with van der Waals surface area (Å²) in [6.45, 7) is 7.93. The number of fused-ring (bicyclic) bond motifs is 1. The monoisotopic (exact) mass is 471 g/mol. The van der Waals surface area contributed by atoms with Gasteiger partial charge < -0.3 is 14.2 Å². The third-order valence-corrected chi connectivity index (χ3v) is 7.73. The zero-order valence-corrected chi connectivity index (χ0v) is 19.9. The molecule has 0 unspecified atom stereocenters. The largest absolute Gasteiger partial charge is 0.378 e. The molecule has 0 spiro atoms. The number of aromatic nitrogens is 4. The Morgan fingerprint density at radius 1 is 1.13 bits per heavy atom. The first-order chi connectivity index (χ1) is 14.8. The molecule has 172 valence electrons. The first-order valence-corrected chi connectivity index (χ1v) is 12.9. The van der Waals surface area contributed by atoms with Gasteiger partial charge in [0.2, 0.25) is 15.3 Å². The number of aryl methyl sites for hydroxylation is 1. The molecule has 2 aromatic heterocycles. The summed E-state index contributed by atoms with van der Waals surface area (Å²) in [5.74, 6) is 1.69. The molecule has 2 aliphatic heterocycles. The van der Waals surface area contributed by atoms with Crippen LogP contribution in [0, 0.1) is 0 Å². The molecule has 12 heteroatoms. The van der Waals surface area contributed by atoms with Gasteiger partial charge in [0.05, 0.1) is 26.0 Å². The summed E-state index contributed by atoms with van der Waals surface area (Å²) in [4.78, 5) is 18.4. The number of sulfonamides is 1. The second kappa shape index (κ2) is 9.14. The van der Waals surface area contributed by atoms with Crippen molar-refractivity contribution in [3.63, 3.8) is 0 Å². The molecule has 0 bridgehead atoms. The van der Waals surface area contributed by atoms with E-state index in [2.05, 4.69) is 31.3 Å². The van der Waals surface area contributed by atoms with Crippen molar-refractivity contribution in [2.24, 2.45) is 0 Å². The van der Waals surface area contributed by atoms with E-state index in [4.69, 9.17) is 21.3 Å². The molecule has 10 nitrogen and oxygen atoms in total. The summed E-state index contributed by atoms with van der Waals surface area (Å²) in [6, 6.07) is 0.0499. The Hall–Kier alpha value is -1.53. The topological polar surface area (TPSA) is 96.7 Å². The van der Waals surface area contributed by atoms with Crippen LogP contribution >= 0.6 is 11.6 Å². The summed E-state index contributed by atoms with van der Waals surface area (Å²) in [5, 5.41) is 0.222. The highest BCUT2D eigenvalue weighted by Crippen LogP contribution is 2.28. The molecule has 2 saturated heterocycles. The lowest BCUT2D eigenvalue weighted by Crippen LogP contribution is -2.45. The van der Waals surface area contributed by atoms with Crippen LogP contribution in [0.5, 0.6) is 0 Å². The molecule has 0 aromatic carbocycles. The zero-order chi connectivity index (χ0) is 22.2. The number of likely N-dealkylation sites (tertiary alicyclic amines) is 1. The molecular formula is C19H30ClN7O3S. The molecule has 4 rings (SSSR count). The SMILES string of the molecule is CCn1c(CN2CCC(N(C)S(C)(=O)=O)CC2)nc2c(N3CCOCC3)nc(Cl)nc21. The third kappa shape index (κ3) is 4.80. The summed E-state index contributed by atoms with van der Waals surface area (Å²) >= 11 is 6.27. The van der Waals surface area contributed by atoms with Crippen LogP contribution in [0.3, 0.4) is 0 Å². The van der Waals surface area contributed by atoms with Crippen LogP contribution in [0.4, 0.5) is 5.82 Å². The fourth-order valence-electron chi connectivity index (χ4n) is 4.37. The summed E-state index contributed by atoms with van der Waals surface area (Å²) in [6.07, 6.45) is 2.88. The Kier molecular flexibility index (Phi) is 6.68. The quantitative estimate of drug-likeness (QED) is 0.579. The van der Waals surface area contributed by atoms with Crippen LogP contribution in [0.2, 0.25) is 5.28 Å². The molecule has 0 radical (unpaired) electrons. The summed E-state index contributed by atoms with van der Waals surface area (Å²) in [5.41, 5.74) is 1.53. The second-order valence-corrected chi connectivity index (χ2v) is 10.5. The molecular weight excluding hydrogens is 442 g/mol. The lowest BCUT2D eigenvalue weighted by atomic mass is 10.1. The van der Waals surface area contributed by atoms with Crippen LogP contribution in [0.25, 0.3) is 11.2 Å². The second-order valence-electron chi connectivity index (χ2n) is 8.15. The van der Waals surface area contributed by atoms with E-state index in [1.807, 2.05) is 0 Å². The van der Waals surface area contributed by atoms with Gasteiger partial charge in [-0.25, -0.2) is 17.7 Å². The number of imidazole rings is 1. The number of rotatable bonds is 6. The van der Waals surface area contributed by atoms with Crippen LogP contribution in [-0.4, -0.2) is 95.9 Å². The zero-order valence-electron chi connectivity index (χ0n) is 18.3. The van der Waals surface area contributed by atoms with Gasteiger partial charge in [-0.15, -0.1) is 0 Å². The molecule has 0 atom stereocenters. The third-order valence-electron chi connectivity index (χ3n) is 6.21. The Labute approximate surface area is 188 Å². The van der Waals surface area contributed by atoms with Gasteiger partial charge in [-0.05, 0) is 31.4 Å². The Morgan fingerprint density at radius 2 is 1.81 bits per heavy atom. The number of morpholine rings is 1. The Balaban J connectivity index is 1.56. The average molecular weight is 472 g/mol. The predicted octanol–water partition coefficient (Wildman–Crippen LogP) is 1.19. The first kappa shape index (κ1) is 22.7. The maximum Gasteiger partial charge on any atom is 0.226 e. The Bertz CT molecular complexity index is 1030. The van der Waals surface area contributed by atoms with Gasteiger partial charge in [-0.1, -0.05) is 0 Å². The van der Waals surface area contributed by atoms with E-state index >= 15 is 0 Å². The summed E-state index contributed by atoms with van der Waals surface area (Å²) in [7, 11) is -1.50. The molecule has 2 aromatic rings. The smallest absolute Gasteiger partial charge is 0.226 e. The number of hydrogen-bond donors (Lipinski definition) is 0. The van der Waals surface area contributed by atoms with Crippen molar-refractivity contribution in [1.29, 1.82) is 0 Å². The molecule has 2 aliphatic rings. The van der Waals surface area contributed by atoms with Crippen molar-refractivity contribution >= 4 is 38.6 Å². The minimum Gasteiger partial charge on any atom is -0.378 e. The maximum atomic E-state index is 11.8. The number of halogens is 1. The number of anilines is 1. The van der Waals surface area contributed by atoms with Crippen LogP contribution in [0.15, 0.2) is 0 Å². The van der Waals surface area contributed by atoms with Crippen molar-refractivity contribution in [2.45, 2.75) is 38.9 Å². The van der Waals surface area contributed by atoms with Gasteiger partial charge in [-0.2, -0.15) is 9.97 Å². The lowest BCUT2D eigenvalue weighted by Gasteiger charge is -2.35. The van der Waals surface area contributed by atoms with Crippen LogP contribution < -0.4 is 4.90 Å². The fourth-order valence-corrected chi connectivity index (χ4v) is 5.28. The van der Waals surface area contributed by atoms with E-state index in [1.54, 1.807) is 7.05 Å². The molecule has 0 aliphatic carbocycles. The number of nitrogens with zero attached hydrogens (tertiary/aromatic N) is 7. The van der Waals surface area contributed by atoms with Crippen molar-refractivity contribution in [3.05, 3.63) is 11.1 Å². The molecule has 0 saturated carbocycles. The van der Waals surface area contributed by atoms with Crippen molar-refractivity contribution in [1.82, 2.24) is 28.7 Å². The van der Waals surface area contributed by atoms with E-state index in [-0.39, 0.29) is 11.3 Å². The van der Waals surface area contributed by atoms with Gasteiger partial charge in [0, 0.05) is 45.8 Å². The summed E-state index contributed by atoms with van der Waals surface area (Å²) < 4.78 is 32.7. The molecule has 4 heterocycles. The minimum atomic E-state index is -3.17.